The van der Waals surface area contributed by atoms with Gasteiger partial charge >= 0.3 is 5.97 Å². The van der Waals surface area contributed by atoms with Crippen molar-refractivity contribution >= 4 is 29.6 Å². The number of carbonyl (C=O) groups excluding carboxylic acids is 5. The third kappa shape index (κ3) is 8.64. The van der Waals surface area contributed by atoms with Gasteiger partial charge in [0.1, 0.15) is 12.1 Å². The van der Waals surface area contributed by atoms with E-state index in [9.17, 15) is 24.0 Å². The molecule has 0 radical (unpaired) electrons. The molecular formula is C38H59N5O6. The van der Waals surface area contributed by atoms with Crippen LogP contribution >= 0.6 is 0 Å². The van der Waals surface area contributed by atoms with Crippen LogP contribution < -0.4 is 16.0 Å². The van der Waals surface area contributed by atoms with Gasteiger partial charge in [0.05, 0.1) is 24.5 Å². The fraction of sp³-hybridized carbons (Fsp3) is 0.711. The van der Waals surface area contributed by atoms with Gasteiger partial charge in [-0.15, -0.1) is 0 Å². The van der Waals surface area contributed by atoms with Crippen LogP contribution in [0.4, 0.5) is 0 Å². The van der Waals surface area contributed by atoms with Crippen molar-refractivity contribution in [1.29, 1.82) is 0 Å². The third-order valence-corrected chi connectivity index (χ3v) is 11.3. The summed E-state index contributed by atoms with van der Waals surface area (Å²) in [6.07, 6.45) is 6.15. The summed E-state index contributed by atoms with van der Waals surface area (Å²) in [6.45, 7) is 10.4. The van der Waals surface area contributed by atoms with Gasteiger partial charge in [0.15, 0.2) is 0 Å². The van der Waals surface area contributed by atoms with Gasteiger partial charge in [-0.2, -0.15) is 0 Å². The second-order valence-corrected chi connectivity index (χ2v) is 15.6. The van der Waals surface area contributed by atoms with Crippen molar-refractivity contribution in [2.75, 3.05) is 27.7 Å². The molecule has 0 unspecified atom stereocenters. The fourth-order valence-electron chi connectivity index (χ4n) is 8.27. The molecule has 0 aromatic heterocycles. The van der Waals surface area contributed by atoms with Crippen LogP contribution in [0.2, 0.25) is 0 Å². The number of ether oxygens (including phenoxy) is 1. The van der Waals surface area contributed by atoms with Gasteiger partial charge in [0.25, 0.3) is 0 Å². The molecule has 1 aliphatic heterocycles. The van der Waals surface area contributed by atoms with Crippen molar-refractivity contribution in [3.8, 4) is 0 Å². The lowest BCUT2D eigenvalue weighted by molar-refractivity contribution is -0.185. The lowest BCUT2D eigenvalue weighted by Gasteiger charge is -2.69. The Hall–Kier alpha value is -3.47. The summed E-state index contributed by atoms with van der Waals surface area (Å²) in [5.41, 5.74) is 0.0422. The van der Waals surface area contributed by atoms with E-state index in [0.29, 0.717) is 38.5 Å². The standard InChI is InChI=1S/C38H59N5O6/c1-9-25(4)30(40-32(44)29-17-13-14-18-42(29)6)34(46)43(7)31(24(2)3)33(45)41-38-21-37(22-38,23-38)36(48)39-28(19-26(5)35(47)49-8)20-27-15-11-10-12-16-27/h10-12,15-16,24-26,28-31H,9,13-14,17-23H2,1-8H3,(H,39,48)(H,40,44)(H,41,45)/t25-,26-,28+,29+,30-,31-,37?,38?/m0/s1. The number of nitrogens with one attached hydrogen (secondary N) is 3. The lowest BCUT2D eigenvalue weighted by atomic mass is 9.39. The first-order valence-corrected chi connectivity index (χ1v) is 18.2. The molecule has 1 aromatic rings. The number of likely N-dealkylation sites (tertiary alicyclic amines) is 1. The second-order valence-electron chi connectivity index (χ2n) is 15.6. The summed E-state index contributed by atoms with van der Waals surface area (Å²) in [4.78, 5) is 70.6. The van der Waals surface area contributed by atoms with Crippen LogP contribution in [-0.2, 0) is 35.1 Å². The van der Waals surface area contributed by atoms with Crippen LogP contribution in [0.15, 0.2) is 30.3 Å². The maximum atomic E-state index is 14.0. The molecule has 11 nitrogen and oxygen atoms in total. The normalized spacial score (nSPS) is 26.1. The number of benzene rings is 1. The Kier molecular flexibility index (Phi) is 12.5. The second kappa shape index (κ2) is 16.0. The minimum Gasteiger partial charge on any atom is -0.469 e. The first kappa shape index (κ1) is 38.3. The van der Waals surface area contributed by atoms with E-state index in [4.69, 9.17) is 4.74 Å². The molecular weight excluding hydrogens is 622 g/mol. The molecule has 1 aromatic carbocycles. The zero-order chi connectivity index (χ0) is 36.1. The van der Waals surface area contributed by atoms with Gasteiger partial charge in [-0.1, -0.05) is 77.8 Å². The molecule has 272 valence electrons. The van der Waals surface area contributed by atoms with E-state index in [2.05, 4.69) is 16.0 Å². The minimum atomic E-state index is -0.737. The highest BCUT2D eigenvalue weighted by Crippen LogP contribution is 2.67. The molecule has 1 saturated heterocycles. The predicted molar refractivity (Wildman–Crippen MR) is 188 cm³/mol. The predicted octanol–water partition coefficient (Wildman–Crippen LogP) is 3.45. The lowest BCUT2D eigenvalue weighted by Crippen LogP contribution is -2.79. The minimum absolute atomic E-state index is 0.0509. The zero-order valence-electron chi connectivity index (χ0n) is 30.8. The first-order chi connectivity index (χ1) is 23.2. The number of carbonyl (C=O) groups is 5. The van der Waals surface area contributed by atoms with E-state index >= 15 is 0 Å². The van der Waals surface area contributed by atoms with Crippen LogP contribution in [0.5, 0.6) is 0 Å². The third-order valence-electron chi connectivity index (χ3n) is 11.3. The summed E-state index contributed by atoms with van der Waals surface area (Å²) in [5, 5.41) is 9.49. The Bertz CT molecular complexity index is 1330. The molecule has 11 heteroatoms. The number of rotatable bonds is 16. The first-order valence-electron chi connectivity index (χ1n) is 18.2. The SMILES string of the molecule is CC[C@H](C)[C@H](NC(=O)[C@H]1CCCCN1C)C(=O)N(C)[C@H](C(=O)NC12CC(C(=O)N[C@@H](Cc3ccccc3)C[C@H](C)C(=O)OC)(C1)C2)C(C)C. The van der Waals surface area contributed by atoms with Crippen LogP contribution in [0.1, 0.15) is 91.5 Å². The molecule has 4 fully saturated rings. The molecule has 5 rings (SSSR count). The average molecular weight is 682 g/mol. The van der Waals surface area contributed by atoms with Crippen LogP contribution in [0.25, 0.3) is 0 Å². The van der Waals surface area contributed by atoms with Gasteiger partial charge in [-0.3, -0.25) is 28.9 Å². The van der Waals surface area contributed by atoms with E-state index in [1.165, 1.54) is 12.0 Å². The molecule has 0 spiro atoms. The molecule has 4 aliphatic rings. The van der Waals surface area contributed by atoms with E-state index in [-0.39, 0.29) is 59.4 Å². The van der Waals surface area contributed by atoms with Crippen molar-refractivity contribution < 1.29 is 28.7 Å². The van der Waals surface area contributed by atoms with Gasteiger partial charge in [-0.05, 0) is 75.9 Å². The van der Waals surface area contributed by atoms with E-state index in [1.807, 2.05) is 76.9 Å². The van der Waals surface area contributed by atoms with E-state index in [1.54, 1.807) is 7.05 Å². The van der Waals surface area contributed by atoms with Crippen LogP contribution in [0.3, 0.4) is 0 Å². The van der Waals surface area contributed by atoms with Crippen molar-refractivity contribution in [1.82, 2.24) is 25.8 Å². The number of hydrogen-bond donors (Lipinski definition) is 3. The average Bonchev–Trinajstić information content (AvgIpc) is 3.03. The molecule has 1 heterocycles. The van der Waals surface area contributed by atoms with Crippen molar-refractivity contribution in [3.05, 3.63) is 35.9 Å². The number of nitrogens with zero attached hydrogens (tertiary/aromatic N) is 2. The highest BCUT2D eigenvalue weighted by atomic mass is 16.5. The van der Waals surface area contributed by atoms with Crippen molar-refractivity contribution in [3.63, 3.8) is 0 Å². The molecule has 49 heavy (non-hydrogen) atoms. The number of likely N-dealkylation sites (N-methyl/N-ethyl adjacent to an activating group) is 2. The summed E-state index contributed by atoms with van der Waals surface area (Å²) in [6, 6.07) is 7.90. The summed E-state index contributed by atoms with van der Waals surface area (Å²) in [5.74, 6) is -1.66. The highest BCUT2D eigenvalue weighted by molar-refractivity contribution is 5.94. The fourth-order valence-corrected chi connectivity index (χ4v) is 8.27. The van der Waals surface area contributed by atoms with Crippen molar-refractivity contribution in [2.24, 2.45) is 23.2 Å². The van der Waals surface area contributed by atoms with Gasteiger partial charge in [0, 0.05) is 18.6 Å². The Morgan fingerprint density at radius 3 is 2.22 bits per heavy atom. The smallest absolute Gasteiger partial charge is 0.308 e. The largest absolute Gasteiger partial charge is 0.469 e. The highest BCUT2D eigenvalue weighted by Gasteiger charge is 2.72. The Morgan fingerprint density at radius 2 is 1.65 bits per heavy atom. The molecule has 3 N–H and O–H groups in total. The summed E-state index contributed by atoms with van der Waals surface area (Å²) >= 11 is 0. The Morgan fingerprint density at radius 1 is 1.00 bits per heavy atom. The number of amides is 4. The van der Waals surface area contributed by atoms with Crippen LogP contribution in [-0.4, -0.2) is 96.9 Å². The monoisotopic (exact) mass is 681 g/mol. The maximum Gasteiger partial charge on any atom is 0.308 e. The van der Waals surface area contributed by atoms with Gasteiger partial charge in [-0.25, -0.2) is 0 Å². The molecule has 3 aliphatic carbocycles. The Balaban J connectivity index is 1.38. The zero-order valence-corrected chi connectivity index (χ0v) is 30.8. The van der Waals surface area contributed by atoms with E-state index in [0.717, 1.165) is 31.4 Å². The molecule has 3 saturated carbocycles. The molecule has 4 amide bonds. The van der Waals surface area contributed by atoms with Gasteiger partial charge < -0.3 is 25.6 Å². The molecule has 6 atom stereocenters. The quantitative estimate of drug-likeness (QED) is 0.228. The Labute approximate surface area is 292 Å². The topological polar surface area (TPSA) is 137 Å². The molecule has 2 bridgehead atoms. The summed E-state index contributed by atoms with van der Waals surface area (Å²) in [7, 11) is 4.97. The summed E-state index contributed by atoms with van der Waals surface area (Å²) < 4.78 is 4.93. The maximum absolute atomic E-state index is 14.0. The number of methoxy groups -OCH3 is 1. The van der Waals surface area contributed by atoms with Crippen LogP contribution in [0, 0.1) is 23.2 Å². The number of esters is 1. The van der Waals surface area contributed by atoms with E-state index < -0.39 is 23.0 Å². The van der Waals surface area contributed by atoms with Gasteiger partial charge in [0.2, 0.25) is 23.6 Å². The number of hydrogen-bond acceptors (Lipinski definition) is 7. The van der Waals surface area contributed by atoms with Crippen molar-refractivity contribution in [2.45, 2.75) is 122 Å². The number of piperidine rings is 1.